The van der Waals surface area contributed by atoms with Gasteiger partial charge in [0, 0.05) is 31.5 Å². The maximum atomic E-state index is 12.6. The van der Waals surface area contributed by atoms with E-state index in [4.69, 9.17) is 0 Å². The van der Waals surface area contributed by atoms with Gasteiger partial charge in [-0.3, -0.25) is 0 Å². The van der Waals surface area contributed by atoms with Crippen molar-refractivity contribution in [2.24, 2.45) is 5.92 Å². The Morgan fingerprint density at radius 3 is 2.00 bits per heavy atom. The first-order valence-electron chi connectivity index (χ1n) is 6.97. The minimum Gasteiger partial charge on any atom is -0.382 e. The van der Waals surface area contributed by atoms with Crippen molar-refractivity contribution < 1.29 is 13.2 Å². The third-order valence-electron chi connectivity index (χ3n) is 3.94. The highest BCUT2D eigenvalue weighted by molar-refractivity contribution is 5.54. The molecule has 5 heteroatoms. The van der Waals surface area contributed by atoms with E-state index in [-0.39, 0.29) is 18.9 Å². The van der Waals surface area contributed by atoms with E-state index < -0.39 is 12.1 Å². The molecule has 1 aromatic rings. The fourth-order valence-electron chi connectivity index (χ4n) is 2.66. The smallest absolute Gasteiger partial charge is 0.382 e. The normalized spacial score (nSPS) is 23.4. The number of rotatable bonds is 3. The maximum absolute atomic E-state index is 12.6. The number of hydrogen-bond donors (Lipinski definition) is 1. The van der Waals surface area contributed by atoms with Crippen LogP contribution in [-0.2, 0) is 0 Å². The first-order chi connectivity index (χ1) is 9.36. The topological polar surface area (TPSA) is 15.3 Å². The second-order valence-corrected chi connectivity index (χ2v) is 5.68. The van der Waals surface area contributed by atoms with E-state index in [0.29, 0.717) is 12.8 Å². The highest BCUT2D eigenvalue weighted by Crippen LogP contribution is 2.38. The standard InChI is InChI=1S/C15H21F3N2/c1-20(2)14-9-7-13(8-10-14)19-12-5-3-11(4-6-12)15(16,17)18/h7-12,19H,3-6H2,1-2H3. The lowest BCUT2D eigenvalue weighted by Crippen LogP contribution is -2.32. The lowest BCUT2D eigenvalue weighted by molar-refractivity contribution is -0.182. The summed E-state index contributed by atoms with van der Waals surface area (Å²) in [6, 6.07) is 8.11. The maximum Gasteiger partial charge on any atom is 0.391 e. The molecule has 2 rings (SSSR count). The molecule has 0 amide bonds. The van der Waals surface area contributed by atoms with Crippen LogP contribution in [0.1, 0.15) is 25.7 Å². The lowest BCUT2D eigenvalue weighted by Gasteiger charge is -2.31. The zero-order valence-electron chi connectivity index (χ0n) is 11.9. The van der Waals surface area contributed by atoms with Gasteiger partial charge in [0.1, 0.15) is 0 Å². The van der Waals surface area contributed by atoms with Gasteiger partial charge in [0.15, 0.2) is 0 Å². The summed E-state index contributed by atoms with van der Waals surface area (Å²) >= 11 is 0. The molecule has 0 radical (unpaired) electrons. The second-order valence-electron chi connectivity index (χ2n) is 5.68. The average Bonchev–Trinajstić information content (AvgIpc) is 2.39. The number of hydrogen-bond acceptors (Lipinski definition) is 2. The van der Waals surface area contributed by atoms with Gasteiger partial charge in [0.2, 0.25) is 0 Å². The summed E-state index contributed by atoms with van der Waals surface area (Å²) in [5.41, 5.74) is 2.09. The van der Waals surface area contributed by atoms with Gasteiger partial charge < -0.3 is 10.2 Å². The fourth-order valence-corrected chi connectivity index (χ4v) is 2.66. The van der Waals surface area contributed by atoms with E-state index >= 15 is 0 Å². The molecule has 0 heterocycles. The molecule has 1 N–H and O–H groups in total. The molecule has 0 aromatic heterocycles. The SMILES string of the molecule is CN(C)c1ccc(NC2CCC(C(F)(F)F)CC2)cc1. The molecule has 0 spiro atoms. The summed E-state index contributed by atoms with van der Waals surface area (Å²) in [5.74, 6) is -1.11. The van der Waals surface area contributed by atoms with Crippen LogP contribution in [0.5, 0.6) is 0 Å². The summed E-state index contributed by atoms with van der Waals surface area (Å²) < 4.78 is 37.8. The van der Waals surface area contributed by atoms with Crippen molar-refractivity contribution in [3.63, 3.8) is 0 Å². The largest absolute Gasteiger partial charge is 0.391 e. The summed E-state index contributed by atoms with van der Waals surface area (Å²) in [6.07, 6.45) is -2.40. The van der Waals surface area contributed by atoms with Crippen molar-refractivity contribution in [2.45, 2.75) is 37.9 Å². The van der Waals surface area contributed by atoms with Gasteiger partial charge >= 0.3 is 6.18 Å². The van der Waals surface area contributed by atoms with E-state index in [1.807, 2.05) is 43.3 Å². The predicted octanol–water partition coefficient (Wildman–Crippen LogP) is 4.29. The highest BCUT2D eigenvalue weighted by atomic mass is 19.4. The number of nitrogens with one attached hydrogen (secondary N) is 1. The van der Waals surface area contributed by atoms with Gasteiger partial charge in [0.05, 0.1) is 5.92 Å². The molecule has 1 aliphatic carbocycles. The molecule has 0 atom stereocenters. The third kappa shape index (κ3) is 3.81. The Hall–Kier alpha value is -1.39. The van der Waals surface area contributed by atoms with Gasteiger partial charge in [0.25, 0.3) is 0 Å². The Labute approximate surface area is 118 Å². The van der Waals surface area contributed by atoms with Crippen LogP contribution in [-0.4, -0.2) is 26.3 Å². The van der Waals surface area contributed by atoms with E-state index in [9.17, 15) is 13.2 Å². The molecule has 1 aromatic carbocycles. The molecule has 1 fully saturated rings. The first-order valence-corrected chi connectivity index (χ1v) is 6.97. The Bertz CT molecular complexity index is 418. The number of nitrogens with zero attached hydrogens (tertiary/aromatic N) is 1. The van der Waals surface area contributed by atoms with Crippen LogP contribution in [0.15, 0.2) is 24.3 Å². The number of alkyl halides is 3. The Morgan fingerprint density at radius 1 is 1.00 bits per heavy atom. The van der Waals surface area contributed by atoms with Crippen molar-refractivity contribution in [2.75, 3.05) is 24.3 Å². The molecule has 1 saturated carbocycles. The van der Waals surface area contributed by atoms with Gasteiger partial charge in [-0.15, -0.1) is 0 Å². The van der Waals surface area contributed by atoms with E-state index in [1.165, 1.54) is 0 Å². The minimum absolute atomic E-state index is 0.152. The minimum atomic E-state index is -4.03. The Balaban J connectivity index is 1.86. The van der Waals surface area contributed by atoms with Crippen molar-refractivity contribution in [1.82, 2.24) is 0 Å². The molecular weight excluding hydrogens is 265 g/mol. The van der Waals surface area contributed by atoms with E-state index in [1.54, 1.807) is 0 Å². The fraction of sp³-hybridized carbons (Fsp3) is 0.600. The first kappa shape index (κ1) is 15.0. The van der Waals surface area contributed by atoms with Crippen molar-refractivity contribution in [1.29, 1.82) is 0 Å². The van der Waals surface area contributed by atoms with Crippen LogP contribution in [0.3, 0.4) is 0 Å². The van der Waals surface area contributed by atoms with Crippen molar-refractivity contribution >= 4 is 11.4 Å². The quantitative estimate of drug-likeness (QED) is 0.892. The number of halogens is 3. The van der Waals surface area contributed by atoms with Gasteiger partial charge in [-0.25, -0.2) is 0 Å². The molecular formula is C15H21F3N2. The monoisotopic (exact) mass is 286 g/mol. The lowest BCUT2D eigenvalue weighted by atomic mass is 9.85. The number of benzene rings is 1. The summed E-state index contributed by atoms with van der Waals surface area (Å²) in [7, 11) is 3.95. The summed E-state index contributed by atoms with van der Waals surface area (Å²) in [6.45, 7) is 0. The van der Waals surface area contributed by atoms with Gasteiger partial charge in [-0.2, -0.15) is 13.2 Å². The van der Waals surface area contributed by atoms with Gasteiger partial charge in [-0.1, -0.05) is 0 Å². The Morgan fingerprint density at radius 2 is 1.55 bits per heavy atom. The molecule has 112 valence electrons. The molecule has 2 nitrogen and oxygen atoms in total. The summed E-state index contributed by atoms with van der Waals surface area (Å²) in [5, 5.41) is 3.33. The second kappa shape index (κ2) is 5.94. The highest BCUT2D eigenvalue weighted by Gasteiger charge is 2.41. The predicted molar refractivity (Wildman–Crippen MR) is 76.2 cm³/mol. The third-order valence-corrected chi connectivity index (χ3v) is 3.94. The van der Waals surface area contributed by atoms with Crippen molar-refractivity contribution in [3.05, 3.63) is 24.3 Å². The van der Waals surface area contributed by atoms with Crippen LogP contribution >= 0.6 is 0 Å². The van der Waals surface area contributed by atoms with E-state index in [0.717, 1.165) is 11.4 Å². The zero-order valence-corrected chi connectivity index (χ0v) is 11.9. The molecule has 0 bridgehead atoms. The summed E-state index contributed by atoms with van der Waals surface area (Å²) in [4.78, 5) is 2.01. The van der Waals surface area contributed by atoms with Gasteiger partial charge in [-0.05, 0) is 49.9 Å². The molecule has 0 saturated heterocycles. The average molecular weight is 286 g/mol. The van der Waals surface area contributed by atoms with E-state index in [2.05, 4.69) is 5.32 Å². The van der Waals surface area contributed by atoms with Crippen LogP contribution in [0.25, 0.3) is 0 Å². The van der Waals surface area contributed by atoms with Crippen molar-refractivity contribution in [3.8, 4) is 0 Å². The molecule has 0 unspecified atom stereocenters. The molecule has 20 heavy (non-hydrogen) atoms. The van der Waals surface area contributed by atoms with Crippen LogP contribution in [0.2, 0.25) is 0 Å². The molecule has 0 aliphatic heterocycles. The number of anilines is 2. The van der Waals surface area contributed by atoms with Crippen LogP contribution in [0.4, 0.5) is 24.5 Å². The zero-order chi connectivity index (χ0) is 14.8. The van der Waals surface area contributed by atoms with Crippen LogP contribution in [0, 0.1) is 5.92 Å². The van der Waals surface area contributed by atoms with Crippen LogP contribution < -0.4 is 10.2 Å². The Kier molecular flexibility index (Phi) is 4.45. The molecule has 1 aliphatic rings.